The Hall–Kier alpha value is 4.08. The van der Waals surface area contributed by atoms with E-state index in [0.717, 1.165) is 0 Å². The van der Waals surface area contributed by atoms with Crippen molar-refractivity contribution in [3.63, 3.8) is 0 Å². The first kappa shape index (κ1) is 58.7. The predicted molar refractivity (Wildman–Crippen MR) is 38.0 cm³/mol. The second-order valence-electron chi connectivity index (χ2n) is 2.24. The maximum absolute atomic E-state index is 8.55. The molecule has 0 aromatic rings. The predicted octanol–water partition coefficient (Wildman–Crippen LogP) is -14.1. The molecule has 29 heteroatoms. The van der Waals surface area contributed by atoms with E-state index in [1.165, 1.54) is 0 Å². The van der Waals surface area contributed by atoms with Crippen LogP contribution in [0.15, 0.2) is 0 Å². The molecule has 0 aromatic heterocycles. The molecule has 0 aromatic carbocycles. The minimum absolute atomic E-state index is 0. The molecule has 0 saturated heterocycles. The molecular formula is O20P5Zr4. The first-order valence-corrected chi connectivity index (χ1v) is 11.0. The average Bonchev–Trinajstić information content (AvgIpc) is 1.79. The number of rotatable bonds is 0. The first-order chi connectivity index (χ1) is 10.0. The molecule has 0 bridgehead atoms. The van der Waals surface area contributed by atoms with Gasteiger partial charge in [0.25, 0.3) is 0 Å². The molecule has 1 radical (unpaired) electrons. The molecule has 0 aliphatic rings. The van der Waals surface area contributed by atoms with Crippen molar-refractivity contribution in [2.45, 2.75) is 0 Å². The zero-order valence-electron chi connectivity index (χ0n) is 12.4. The summed E-state index contributed by atoms with van der Waals surface area (Å²) in [4.78, 5) is 128. The Morgan fingerprint density at radius 1 is 0.276 bits per heavy atom. The maximum atomic E-state index is 8.55. The third kappa shape index (κ3) is 1740. The summed E-state index contributed by atoms with van der Waals surface area (Å²) in [5, 5.41) is 0. The van der Waals surface area contributed by atoms with Gasteiger partial charge in [-0.1, -0.05) is 0 Å². The molecule has 0 amide bonds. The van der Waals surface area contributed by atoms with Crippen LogP contribution in [0.3, 0.4) is 0 Å². The van der Waals surface area contributed by atoms with Crippen molar-refractivity contribution in [3.05, 3.63) is 0 Å². The standard InChI is InChI=1S/5H3O4P.4Zr/c5*1-5(2,3)4;;;;/h5*(H3,1,2,3,4);;;;/q;;;;;+3;3*+4/p-15. The van der Waals surface area contributed by atoms with Crippen LogP contribution in [0.4, 0.5) is 0 Å². The van der Waals surface area contributed by atoms with Gasteiger partial charge >= 0.3 is 105 Å². The van der Waals surface area contributed by atoms with Crippen LogP contribution in [-0.2, 0) is 128 Å². The molecule has 0 rings (SSSR count). The second-order valence-corrected chi connectivity index (χ2v) is 6.71. The van der Waals surface area contributed by atoms with E-state index in [0.29, 0.717) is 0 Å². The fraction of sp³-hybridized carbons (Fsp3) is 0. The van der Waals surface area contributed by atoms with E-state index in [-0.39, 0.29) is 105 Å². The molecule has 20 nitrogen and oxygen atoms in total. The molecule has 0 atom stereocenters. The van der Waals surface area contributed by atoms with Crippen LogP contribution in [0.5, 0.6) is 0 Å². The number of hydrogen-bond acceptors (Lipinski definition) is 20. The smallest absolute Gasteiger partial charge is 0.822 e. The Labute approximate surface area is 237 Å². The zero-order valence-corrected chi connectivity index (χ0v) is 26.7. The number of hydrogen-bond donors (Lipinski definition) is 0. The van der Waals surface area contributed by atoms with E-state index < -0.39 is 39.1 Å². The molecule has 0 fully saturated rings. The zero-order chi connectivity index (χ0) is 22.5. The average molecular weight is 840 g/mol. The first-order valence-electron chi connectivity index (χ1n) is 3.65. The minimum Gasteiger partial charge on any atom is -0.822 e. The molecule has 0 saturated carbocycles. The minimum atomic E-state index is -5.39. The third-order valence-electron chi connectivity index (χ3n) is 0. The molecule has 0 heterocycles. The van der Waals surface area contributed by atoms with Crippen LogP contribution in [-0.4, -0.2) is 0 Å². The van der Waals surface area contributed by atoms with Crippen molar-refractivity contribution in [3.8, 4) is 0 Å². The van der Waals surface area contributed by atoms with Crippen molar-refractivity contribution < 1.29 is 201 Å². The molecule has 29 heavy (non-hydrogen) atoms. The summed E-state index contributed by atoms with van der Waals surface area (Å²) >= 11 is 0. The summed E-state index contributed by atoms with van der Waals surface area (Å²) < 4.78 is 42.7. The monoisotopic (exact) mass is 834 g/mol. The van der Waals surface area contributed by atoms with Crippen LogP contribution < -0.4 is 73.4 Å². The Balaban J connectivity index is -0.0000000238. The summed E-state index contributed by atoms with van der Waals surface area (Å²) in [6.07, 6.45) is 0. The molecule has 0 spiro atoms. The third-order valence-corrected chi connectivity index (χ3v) is 0. The van der Waals surface area contributed by atoms with Crippen molar-refractivity contribution in [2.24, 2.45) is 0 Å². The van der Waals surface area contributed by atoms with Gasteiger partial charge in [-0.05, 0) is 0 Å². The summed E-state index contributed by atoms with van der Waals surface area (Å²) in [5.74, 6) is 0. The van der Waals surface area contributed by atoms with E-state index in [1.807, 2.05) is 0 Å². The van der Waals surface area contributed by atoms with Gasteiger partial charge < -0.3 is 96.2 Å². The number of phosphoric acid groups is 5. The Morgan fingerprint density at radius 2 is 0.276 bits per heavy atom. The van der Waals surface area contributed by atoms with Gasteiger partial charge in [-0.2, -0.15) is 39.1 Å². The second kappa shape index (κ2) is 26.7. The van der Waals surface area contributed by atoms with Crippen LogP contribution in [0.1, 0.15) is 0 Å². The van der Waals surface area contributed by atoms with Gasteiger partial charge in [0.15, 0.2) is 0 Å². The quantitative estimate of drug-likeness (QED) is 0.204. The van der Waals surface area contributed by atoms with Crippen LogP contribution in [0, 0.1) is 0 Å². The van der Waals surface area contributed by atoms with Crippen LogP contribution in [0.25, 0.3) is 0 Å². The van der Waals surface area contributed by atoms with Crippen LogP contribution in [0.2, 0.25) is 0 Å². The Bertz CT molecular complexity index is 382. The van der Waals surface area contributed by atoms with Crippen molar-refractivity contribution in [1.29, 1.82) is 0 Å². The van der Waals surface area contributed by atoms with E-state index in [4.69, 9.17) is 96.2 Å². The fourth-order valence-electron chi connectivity index (χ4n) is 0. The van der Waals surface area contributed by atoms with Gasteiger partial charge in [0, 0.05) is 0 Å². The van der Waals surface area contributed by atoms with Crippen molar-refractivity contribution in [1.82, 2.24) is 0 Å². The van der Waals surface area contributed by atoms with Gasteiger partial charge in [-0.3, -0.25) is 0 Å². The van der Waals surface area contributed by atoms with Crippen molar-refractivity contribution >= 4 is 39.1 Å². The summed E-state index contributed by atoms with van der Waals surface area (Å²) in [7, 11) is -26.9. The van der Waals surface area contributed by atoms with Gasteiger partial charge in [-0.15, -0.1) is 0 Å². The topological polar surface area (TPSA) is 431 Å². The van der Waals surface area contributed by atoms with Gasteiger partial charge in [0.05, 0.1) is 0 Å². The van der Waals surface area contributed by atoms with E-state index in [2.05, 4.69) is 0 Å². The summed E-state index contributed by atoms with van der Waals surface area (Å²) in [5.41, 5.74) is 0. The van der Waals surface area contributed by atoms with Crippen molar-refractivity contribution in [2.75, 3.05) is 0 Å². The summed E-state index contributed by atoms with van der Waals surface area (Å²) in [6.45, 7) is 0. The molecule has 0 aliphatic carbocycles. The fourth-order valence-corrected chi connectivity index (χ4v) is 0. The van der Waals surface area contributed by atoms with Gasteiger partial charge in [0.2, 0.25) is 0 Å². The van der Waals surface area contributed by atoms with E-state index in [1.54, 1.807) is 0 Å². The van der Waals surface area contributed by atoms with Gasteiger partial charge in [0.1, 0.15) is 0 Å². The molecule has 0 N–H and O–H groups in total. The van der Waals surface area contributed by atoms with E-state index >= 15 is 0 Å². The molecule has 161 valence electrons. The Kier molecular flexibility index (Phi) is 54.0. The van der Waals surface area contributed by atoms with Crippen LogP contribution >= 0.6 is 39.1 Å². The largest absolute Gasteiger partial charge is 4.00 e. The molecular weight excluding hydrogens is 840 g/mol. The molecule has 0 unspecified atom stereocenters. The van der Waals surface area contributed by atoms with E-state index in [9.17, 15) is 0 Å². The summed E-state index contributed by atoms with van der Waals surface area (Å²) in [6, 6.07) is 0. The van der Waals surface area contributed by atoms with Gasteiger partial charge in [-0.25, -0.2) is 0 Å². The Morgan fingerprint density at radius 3 is 0.276 bits per heavy atom. The molecule has 0 aliphatic heterocycles. The maximum Gasteiger partial charge on any atom is 4.00 e. The SMILES string of the molecule is O=P([O-])([O-])[O-].O=P([O-])([O-])[O-].O=P([O-])([O-])[O-].O=P([O-])([O-])[O-].O=P([O-])([O-])[O-].[Zr+3].[Zr+4].[Zr+4].[Zr+4]. The normalized spacial score (nSPS) is 10.2.